The Hall–Kier alpha value is -3.67. The molecule has 0 saturated carbocycles. The van der Waals surface area contributed by atoms with E-state index in [1.807, 2.05) is 30.9 Å². The van der Waals surface area contributed by atoms with Crippen LogP contribution < -0.4 is 20.5 Å². The molecule has 2 aliphatic rings. The summed E-state index contributed by atoms with van der Waals surface area (Å²) in [5, 5.41) is 4.81. The summed E-state index contributed by atoms with van der Waals surface area (Å²) < 4.78 is 23.9. The summed E-state index contributed by atoms with van der Waals surface area (Å²) in [5.74, 6) is 0.0455. The van der Waals surface area contributed by atoms with E-state index in [1.54, 1.807) is 28.8 Å². The molecule has 1 fully saturated rings. The third kappa shape index (κ3) is 5.37. The molecule has 2 aliphatic heterocycles. The maximum Gasteiger partial charge on any atom is 0.263 e. The zero-order valence-corrected chi connectivity index (χ0v) is 24.3. The number of hydrogen-bond donors (Lipinski definition) is 2. The zero-order valence-electron chi connectivity index (χ0n) is 22.7. The average molecular weight is 595 g/mol. The predicted octanol–water partition coefficient (Wildman–Crippen LogP) is 5.30. The van der Waals surface area contributed by atoms with E-state index < -0.39 is 0 Å². The number of carbonyl (C=O) groups excluding carboxylic acids is 1. The van der Waals surface area contributed by atoms with Gasteiger partial charge in [-0.3, -0.25) is 18.9 Å². The van der Waals surface area contributed by atoms with Crippen LogP contribution in [0, 0.1) is 12.7 Å². The molecule has 12 heteroatoms. The topological polar surface area (TPSA) is 101 Å². The molecule has 0 radical (unpaired) electrons. The molecule has 4 aromatic rings. The molecule has 2 aromatic heterocycles. The number of nitrogens with zero attached hydrogens (tertiary/aromatic N) is 4. The summed E-state index contributed by atoms with van der Waals surface area (Å²) in [7, 11) is 0. The number of anilines is 2. The van der Waals surface area contributed by atoms with Gasteiger partial charge in [-0.2, -0.15) is 0 Å². The van der Waals surface area contributed by atoms with E-state index in [0.29, 0.717) is 59.0 Å². The van der Waals surface area contributed by atoms with Crippen molar-refractivity contribution in [3.8, 4) is 0 Å². The lowest BCUT2D eigenvalue weighted by Gasteiger charge is -2.32. The first-order valence-corrected chi connectivity index (χ1v) is 14.4. The maximum absolute atomic E-state index is 14.1. The minimum atomic E-state index is -0.287. The number of benzene rings is 2. The van der Waals surface area contributed by atoms with Crippen molar-refractivity contribution in [2.45, 2.75) is 51.0 Å². The molecule has 1 atom stereocenters. The molecule has 6 rings (SSSR count). The number of hydrogen-bond acceptors (Lipinski definition) is 8. The molecule has 1 unspecified atom stereocenters. The van der Waals surface area contributed by atoms with Gasteiger partial charge in [-0.1, -0.05) is 23.7 Å². The zero-order chi connectivity index (χ0) is 28.8. The van der Waals surface area contributed by atoms with Gasteiger partial charge in [-0.05, 0) is 60.9 Å². The number of fused-ring (bicyclic) bond motifs is 2. The number of carbonyl (C=O) groups is 1. The van der Waals surface area contributed by atoms with Crippen LogP contribution in [0.3, 0.4) is 0 Å². The first-order chi connectivity index (χ1) is 19.7. The number of pyridine rings is 1. The summed E-state index contributed by atoms with van der Waals surface area (Å²) in [5.41, 5.74) is 4.79. The van der Waals surface area contributed by atoms with Crippen LogP contribution >= 0.6 is 23.5 Å². The highest BCUT2D eigenvalue weighted by atomic mass is 35.5. The number of halogens is 2. The smallest absolute Gasteiger partial charge is 0.263 e. The van der Waals surface area contributed by atoms with E-state index in [9.17, 15) is 14.0 Å². The van der Waals surface area contributed by atoms with Crippen molar-refractivity contribution in [3.05, 3.63) is 86.0 Å². The van der Waals surface area contributed by atoms with Gasteiger partial charge in [0.05, 0.1) is 41.9 Å². The molecule has 1 saturated heterocycles. The highest BCUT2D eigenvalue weighted by molar-refractivity contribution is 7.98. The van der Waals surface area contributed by atoms with Crippen LogP contribution in [0.25, 0.3) is 10.9 Å². The fourth-order valence-corrected chi connectivity index (χ4v) is 6.08. The highest BCUT2D eigenvalue weighted by Gasteiger charge is 2.31. The molecule has 1 amide bonds. The van der Waals surface area contributed by atoms with Gasteiger partial charge in [0.2, 0.25) is 11.9 Å². The molecule has 0 bridgehead atoms. The minimum Gasteiger partial charge on any atom is -0.377 e. The molecule has 4 heterocycles. The standard InChI is InChI=1S/C29H28ClFN6O3S/c1-15-8-22(16(2)32-24-6-7-25(30)33-27(24)41-35-17(3)38)26-23(9-15)28(39)37(21-13-40-14-21)29(34-26)36-11-18-4-5-20(31)10-19(18)12-36/h4-10,16,21,32H,11-14H2,1-3H3,(H,35,38). The van der Waals surface area contributed by atoms with Crippen LogP contribution in [0.5, 0.6) is 0 Å². The van der Waals surface area contributed by atoms with Crippen molar-refractivity contribution in [3.63, 3.8) is 0 Å². The Morgan fingerprint density at radius 3 is 2.66 bits per heavy atom. The second-order valence-electron chi connectivity index (χ2n) is 10.4. The Kier molecular flexibility index (Phi) is 7.35. The van der Waals surface area contributed by atoms with Crippen LogP contribution in [0.15, 0.2) is 52.3 Å². The average Bonchev–Trinajstić information content (AvgIpc) is 3.32. The predicted molar refractivity (Wildman–Crippen MR) is 158 cm³/mol. The van der Waals surface area contributed by atoms with Crippen molar-refractivity contribution in [2.24, 2.45) is 0 Å². The van der Waals surface area contributed by atoms with E-state index in [1.165, 1.54) is 13.0 Å². The van der Waals surface area contributed by atoms with Crippen LogP contribution in [0.2, 0.25) is 5.15 Å². The van der Waals surface area contributed by atoms with Gasteiger partial charge in [0, 0.05) is 37.5 Å². The monoisotopic (exact) mass is 594 g/mol. The normalized spacial score (nSPS) is 15.5. The van der Waals surface area contributed by atoms with Crippen molar-refractivity contribution in [1.29, 1.82) is 0 Å². The van der Waals surface area contributed by atoms with E-state index >= 15 is 0 Å². The first-order valence-electron chi connectivity index (χ1n) is 13.2. The van der Waals surface area contributed by atoms with E-state index in [-0.39, 0.29) is 29.4 Å². The van der Waals surface area contributed by atoms with Crippen LogP contribution in [0.4, 0.5) is 16.0 Å². The third-order valence-corrected chi connectivity index (χ3v) is 8.38. The van der Waals surface area contributed by atoms with Gasteiger partial charge in [0.15, 0.2) is 0 Å². The highest BCUT2D eigenvalue weighted by Crippen LogP contribution is 2.34. The second-order valence-corrected chi connectivity index (χ2v) is 11.6. The van der Waals surface area contributed by atoms with E-state index in [2.05, 4.69) is 15.0 Å². The summed E-state index contributed by atoms with van der Waals surface area (Å²) >= 11 is 7.21. The summed E-state index contributed by atoms with van der Waals surface area (Å²) in [6.07, 6.45) is 0. The van der Waals surface area contributed by atoms with Gasteiger partial charge < -0.3 is 15.0 Å². The number of amides is 1. The maximum atomic E-state index is 14.1. The Morgan fingerprint density at radius 1 is 1.15 bits per heavy atom. The SMILES string of the molecule is CC(=O)NSc1nc(Cl)ccc1NC(C)c1cc(C)cc2c(=O)n(C3COC3)c(N3Cc4ccc(F)cc4C3)nc12. The van der Waals surface area contributed by atoms with Gasteiger partial charge in [-0.25, -0.2) is 14.4 Å². The molecular formula is C29H28ClFN6O3S. The Bertz CT molecular complexity index is 1740. The molecule has 2 aromatic carbocycles. The van der Waals surface area contributed by atoms with Gasteiger partial charge >= 0.3 is 0 Å². The van der Waals surface area contributed by atoms with Gasteiger partial charge in [-0.15, -0.1) is 0 Å². The van der Waals surface area contributed by atoms with E-state index in [4.69, 9.17) is 21.3 Å². The lowest BCUT2D eigenvalue weighted by molar-refractivity contribution is -0.117. The summed E-state index contributed by atoms with van der Waals surface area (Å²) in [6.45, 7) is 7.20. The number of aromatic nitrogens is 3. The van der Waals surface area contributed by atoms with E-state index in [0.717, 1.165) is 34.2 Å². The first kappa shape index (κ1) is 27.5. The quantitative estimate of drug-likeness (QED) is 0.220. The Labute approximate surface area is 245 Å². The number of rotatable bonds is 7. The van der Waals surface area contributed by atoms with Crippen LogP contribution in [-0.4, -0.2) is 33.7 Å². The fourth-order valence-electron chi connectivity index (χ4n) is 5.26. The fraction of sp³-hybridized carbons (Fsp3) is 0.310. The molecule has 2 N–H and O–H groups in total. The molecule has 9 nitrogen and oxygen atoms in total. The number of nitrogens with one attached hydrogen (secondary N) is 2. The lowest BCUT2D eigenvalue weighted by atomic mass is 10.0. The molecular weight excluding hydrogens is 567 g/mol. The lowest BCUT2D eigenvalue weighted by Crippen LogP contribution is -2.41. The van der Waals surface area contributed by atoms with Gasteiger partial charge in [0.25, 0.3) is 5.56 Å². The summed E-state index contributed by atoms with van der Waals surface area (Å²) in [4.78, 5) is 37.1. The third-order valence-electron chi connectivity index (χ3n) is 7.28. The molecule has 212 valence electrons. The van der Waals surface area contributed by atoms with Crippen molar-refractivity contribution < 1.29 is 13.9 Å². The van der Waals surface area contributed by atoms with Crippen molar-refractivity contribution >= 4 is 52.0 Å². The van der Waals surface area contributed by atoms with Crippen molar-refractivity contribution in [2.75, 3.05) is 23.4 Å². The second kappa shape index (κ2) is 11.0. The minimum absolute atomic E-state index is 0.122. The molecule has 0 aliphatic carbocycles. The van der Waals surface area contributed by atoms with Gasteiger partial charge in [0.1, 0.15) is 16.0 Å². The molecule has 0 spiro atoms. The van der Waals surface area contributed by atoms with Crippen LogP contribution in [0.1, 0.15) is 48.2 Å². The summed E-state index contributed by atoms with van der Waals surface area (Å²) in [6, 6.07) is 11.8. The molecule has 41 heavy (non-hydrogen) atoms. The largest absolute Gasteiger partial charge is 0.377 e. The number of ether oxygens (including phenoxy) is 1. The Morgan fingerprint density at radius 2 is 1.93 bits per heavy atom. The van der Waals surface area contributed by atoms with Crippen LogP contribution in [-0.2, 0) is 22.6 Å². The van der Waals surface area contributed by atoms with Crippen molar-refractivity contribution in [1.82, 2.24) is 19.3 Å². The number of aryl methyl sites for hydroxylation is 1. The Balaban J connectivity index is 1.44.